The quantitative estimate of drug-likeness (QED) is 0.782. The van der Waals surface area contributed by atoms with E-state index in [1.54, 1.807) is 12.1 Å². The highest BCUT2D eigenvalue weighted by Crippen LogP contribution is 2.13. The molecule has 4 heteroatoms. The predicted octanol–water partition coefficient (Wildman–Crippen LogP) is 1.41. The van der Waals surface area contributed by atoms with E-state index in [1.807, 2.05) is 0 Å². The lowest BCUT2D eigenvalue weighted by atomic mass is 10.2. The van der Waals surface area contributed by atoms with E-state index < -0.39 is 6.10 Å². The van der Waals surface area contributed by atoms with Crippen LogP contribution in [0, 0.1) is 5.82 Å². The summed E-state index contributed by atoms with van der Waals surface area (Å²) < 4.78 is 12.5. The molecule has 0 aliphatic carbocycles. The SMILES string of the molecule is OC[C@@H](O)CSCc1ccc(F)cc1. The van der Waals surface area contributed by atoms with E-state index >= 15 is 0 Å². The summed E-state index contributed by atoms with van der Waals surface area (Å²) in [4.78, 5) is 0. The number of hydrogen-bond acceptors (Lipinski definition) is 3. The minimum absolute atomic E-state index is 0.212. The lowest BCUT2D eigenvalue weighted by Crippen LogP contribution is -2.14. The molecule has 2 nitrogen and oxygen atoms in total. The molecule has 0 amide bonds. The summed E-state index contributed by atoms with van der Waals surface area (Å²) in [5.74, 6) is 0.972. The van der Waals surface area contributed by atoms with Crippen molar-refractivity contribution in [3.05, 3.63) is 35.6 Å². The second-order valence-electron chi connectivity index (χ2n) is 2.98. The molecule has 0 fully saturated rings. The molecule has 1 aromatic carbocycles. The number of benzene rings is 1. The normalized spacial score (nSPS) is 12.8. The summed E-state index contributed by atoms with van der Waals surface area (Å²) in [5.41, 5.74) is 1.02. The van der Waals surface area contributed by atoms with Gasteiger partial charge in [-0.1, -0.05) is 12.1 Å². The third kappa shape index (κ3) is 4.09. The average Bonchev–Trinajstić information content (AvgIpc) is 2.21. The highest BCUT2D eigenvalue weighted by molar-refractivity contribution is 7.98. The van der Waals surface area contributed by atoms with Crippen LogP contribution in [0.2, 0.25) is 0 Å². The molecule has 1 rings (SSSR count). The second kappa shape index (κ2) is 6.01. The fourth-order valence-corrected chi connectivity index (χ4v) is 1.87. The van der Waals surface area contributed by atoms with Gasteiger partial charge in [-0.3, -0.25) is 0 Å². The molecule has 1 aromatic rings. The number of thioether (sulfide) groups is 1. The van der Waals surface area contributed by atoms with Crippen molar-refractivity contribution < 1.29 is 14.6 Å². The molecule has 0 saturated carbocycles. The summed E-state index contributed by atoms with van der Waals surface area (Å²) in [6, 6.07) is 6.26. The Morgan fingerprint density at radius 1 is 1.29 bits per heavy atom. The number of aliphatic hydroxyl groups excluding tert-OH is 2. The maximum absolute atomic E-state index is 12.5. The molecule has 0 aromatic heterocycles. The summed E-state index contributed by atoms with van der Waals surface area (Å²) in [7, 11) is 0. The van der Waals surface area contributed by atoms with Gasteiger partial charge in [-0.15, -0.1) is 0 Å². The Hall–Kier alpha value is -0.580. The van der Waals surface area contributed by atoms with E-state index in [4.69, 9.17) is 10.2 Å². The highest BCUT2D eigenvalue weighted by Gasteiger charge is 2.01. The van der Waals surface area contributed by atoms with Gasteiger partial charge in [-0.05, 0) is 17.7 Å². The van der Waals surface area contributed by atoms with Gasteiger partial charge in [0.25, 0.3) is 0 Å². The zero-order valence-electron chi connectivity index (χ0n) is 7.69. The van der Waals surface area contributed by atoms with Crippen LogP contribution in [0.5, 0.6) is 0 Å². The van der Waals surface area contributed by atoms with Crippen LogP contribution in [0.25, 0.3) is 0 Å². The zero-order chi connectivity index (χ0) is 10.4. The van der Waals surface area contributed by atoms with Gasteiger partial charge in [0.1, 0.15) is 5.82 Å². The molecule has 14 heavy (non-hydrogen) atoms. The van der Waals surface area contributed by atoms with Crippen molar-refractivity contribution in [2.24, 2.45) is 0 Å². The zero-order valence-corrected chi connectivity index (χ0v) is 8.51. The second-order valence-corrected chi connectivity index (χ2v) is 4.01. The fraction of sp³-hybridized carbons (Fsp3) is 0.400. The molecule has 0 radical (unpaired) electrons. The van der Waals surface area contributed by atoms with Crippen molar-refractivity contribution in [2.75, 3.05) is 12.4 Å². The molecule has 78 valence electrons. The van der Waals surface area contributed by atoms with Crippen LogP contribution in [-0.2, 0) is 5.75 Å². The van der Waals surface area contributed by atoms with E-state index in [0.717, 1.165) is 11.3 Å². The van der Waals surface area contributed by atoms with Crippen molar-refractivity contribution >= 4 is 11.8 Å². The van der Waals surface area contributed by atoms with Gasteiger partial charge in [0.05, 0.1) is 12.7 Å². The summed E-state index contributed by atoms with van der Waals surface area (Å²) >= 11 is 1.51. The first-order valence-electron chi connectivity index (χ1n) is 4.33. The first-order valence-corrected chi connectivity index (χ1v) is 5.49. The Bertz CT molecular complexity index is 263. The lowest BCUT2D eigenvalue weighted by molar-refractivity contribution is 0.113. The molecule has 2 N–H and O–H groups in total. The van der Waals surface area contributed by atoms with E-state index in [1.165, 1.54) is 23.9 Å². The van der Waals surface area contributed by atoms with E-state index in [9.17, 15) is 4.39 Å². The highest BCUT2D eigenvalue weighted by atomic mass is 32.2. The van der Waals surface area contributed by atoms with E-state index in [2.05, 4.69) is 0 Å². The van der Waals surface area contributed by atoms with Gasteiger partial charge in [0.2, 0.25) is 0 Å². The van der Waals surface area contributed by atoms with Crippen molar-refractivity contribution in [2.45, 2.75) is 11.9 Å². The van der Waals surface area contributed by atoms with Crippen LogP contribution in [0.3, 0.4) is 0 Å². The number of rotatable bonds is 5. The number of hydrogen-bond donors (Lipinski definition) is 2. The Balaban J connectivity index is 2.28. The Morgan fingerprint density at radius 2 is 1.93 bits per heavy atom. The Kier molecular flexibility index (Phi) is 4.93. The molecule has 1 atom stereocenters. The van der Waals surface area contributed by atoms with Crippen LogP contribution in [0.1, 0.15) is 5.56 Å². The van der Waals surface area contributed by atoms with Gasteiger partial charge in [-0.2, -0.15) is 11.8 Å². The Morgan fingerprint density at radius 3 is 2.50 bits per heavy atom. The third-order valence-electron chi connectivity index (χ3n) is 1.70. The molecule has 0 bridgehead atoms. The molecule has 0 unspecified atom stereocenters. The van der Waals surface area contributed by atoms with Crippen molar-refractivity contribution in [3.63, 3.8) is 0 Å². The van der Waals surface area contributed by atoms with Crippen LogP contribution in [0.15, 0.2) is 24.3 Å². The summed E-state index contributed by atoms with van der Waals surface area (Å²) in [5, 5.41) is 17.6. The van der Waals surface area contributed by atoms with Crippen LogP contribution >= 0.6 is 11.8 Å². The largest absolute Gasteiger partial charge is 0.394 e. The van der Waals surface area contributed by atoms with E-state index in [0.29, 0.717) is 5.75 Å². The molecule has 0 aliphatic heterocycles. The van der Waals surface area contributed by atoms with Crippen LogP contribution < -0.4 is 0 Å². The molecule has 0 saturated heterocycles. The monoisotopic (exact) mass is 216 g/mol. The minimum Gasteiger partial charge on any atom is -0.394 e. The van der Waals surface area contributed by atoms with Crippen molar-refractivity contribution in [1.82, 2.24) is 0 Å². The molecular formula is C10H13FO2S. The average molecular weight is 216 g/mol. The number of aliphatic hydroxyl groups is 2. The van der Waals surface area contributed by atoms with Crippen molar-refractivity contribution in [1.29, 1.82) is 0 Å². The molecule has 0 spiro atoms. The topological polar surface area (TPSA) is 40.5 Å². The maximum Gasteiger partial charge on any atom is 0.123 e. The predicted molar refractivity (Wildman–Crippen MR) is 55.7 cm³/mol. The minimum atomic E-state index is -0.666. The van der Waals surface area contributed by atoms with Gasteiger partial charge in [0, 0.05) is 11.5 Å². The first-order chi connectivity index (χ1) is 6.72. The first kappa shape index (κ1) is 11.5. The molecule has 0 aliphatic rings. The van der Waals surface area contributed by atoms with Crippen molar-refractivity contribution in [3.8, 4) is 0 Å². The van der Waals surface area contributed by atoms with Gasteiger partial charge in [-0.25, -0.2) is 4.39 Å². The van der Waals surface area contributed by atoms with Crippen LogP contribution in [0.4, 0.5) is 4.39 Å². The van der Waals surface area contributed by atoms with Gasteiger partial charge in [0.15, 0.2) is 0 Å². The molecule has 0 heterocycles. The summed E-state index contributed by atoms with van der Waals surface area (Å²) in [6.07, 6.45) is -0.666. The molecular weight excluding hydrogens is 203 g/mol. The Labute approximate surface area is 86.8 Å². The smallest absolute Gasteiger partial charge is 0.123 e. The van der Waals surface area contributed by atoms with Gasteiger partial charge < -0.3 is 10.2 Å². The summed E-state index contributed by atoms with van der Waals surface area (Å²) in [6.45, 7) is -0.212. The standard InChI is InChI=1S/C10H13FO2S/c11-9-3-1-8(2-4-9)6-14-7-10(13)5-12/h1-4,10,12-13H,5-7H2/t10-/m1/s1. The maximum atomic E-state index is 12.5. The van der Waals surface area contributed by atoms with E-state index in [-0.39, 0.29) is 12.4 Å². The third-order valence-corrected chi connectivity index (χ3v) is 2.86. The number of halogens is 1. The fourth-order valence-electron chi connectivity index (χ4n) is 0.946. The van der Waals surface area contributed by atoms with Gasteiger partial charge >= 0.3 is 0 Å². The lowest BCUT2D eigenvalue weighted by Gasteiger charge is -2.06. The van der Waals surface area contributed by atoms with Crippen LogP contribution in [-0.4, -0.2) is 28.7 Å².